The molecule has 0 heterocycles. The van der Waals surface area contributed by atoms with Gasteiger partial charge in [0.05, 0.1) is 12.2 Å². The summed E-state index contributed by atoms with van der Waals surface area (Å²) >= 11 is 0. The highest BCUT2D eigenvalue weighted by Crippen LogP contribution is 2.38. The Morgan fingerprint density at radius 1 is 1.24 bits per heavy atom. The van der Waals surface area contributed by atoms with Gasteiger partial charge in [0.25, 0.3) is 0 Å². The minimum absolute atomic E-state index is 0.285. The van der Waals surface area contributed by atoms with Crippen LogP contribution < -0.4 is 5.32 Å². The summed E-state index contributed by atoms with van der Waals surface area (Å²) in [5.41, 5.74) is -0.285. The van der Waals surface area contributed by atoms with Gasteiger partial charge in [0.1, 0.15) is 5.54 Å². The molecule has 3 heteroatoms. The van der Waals surface area contributed by atoms with E-state index in [4.69, 9.17) is 4.74 Å². The lowest BCUT2D eigenvalue weighted by Gasteiger charge is -2.33. The summed E-state index contributed by atoms with van der Waals surface area (Å²) in [6, 6.07) is 2.56. The van der Waals surface area contributed by atoms with Gasteiger partial charge in [0.15, 0.2) is 0 Å². The van der Waals surface area contributed by atoms with Gasteiger partial charge in [-0.05, 0) is 62.8 Å². The third kappa shape index (κ3) is 3.99. The van der Waals surface area contributed by atoms with Crippen LogP contribution in [0.2, 0.25) is 0 Å². The Morgan fingerprint density at radius 3 is 2.71 bits per heavy atom. The average molecular weight is 292 g/mol. The van der Waals surface area contributed by atoms with Crippen molar-refractivity contribution in [2.75, 3.05) is 13.2 Å². The number of rotatable bonds is 6. The fourth-order valence-electron chi connectivity index (χ4n) is 4.23. The lowest BCUT2D eigenvalue weighted by atomic mass is 9.80. The van der Waals surface area contributed by atoms with E-state index >= 15 is 0 Å². The second-order valence-electron chi connectivity index (χ2n) is 7.25. The molecule has 5 unspecified atom stereocenters. The van der Waals surface area contributed by atoms with Gasteiger partial charge in [-0.2, -0.15) is 5.26 Å². The molecule has 0 aromatic heterocycles. The second kappa shape index (κ2) is 7.61. The van der Waals surface area contributed by atoms with Crippen molar-refractivity contribution in [2.45, 2.75) is 77.4 Å². The molecule has 21 heavy (non-hydrogen) atoms. The second-order valence-corrected chi connectivity index (χ2v) is 7.25. The Hall–Kier alpha value is -0.590. The minimum Gasteiger partial charge on any atom is -0.378 e. The summed E-state index contributed by atoms with van der Waals surface area (Å²) in [5.74, 6) is 2.09. The summed E-state index contributed by atoms with van der Waals surface area (Å²) in [5, 5.41) is 13.0. The van der Waals surface area contributed by atoms with Gasteiger partial charge in [-0.15, -0.1) is 0 Å². The molecule has 0 aliphatic heterocycles. The first-order valence-corrected chi connectivity index (χ1v) is 8.89. The van der Waals surface area contributed by atoms with Crippen LogP contribution in [-0.4, -0.2) is 24.8 Å². The minimum atomic E-state index is -0.285. The number of nitrogens with one attached hydrogen (secondary N) is 1. The van der Waals surface area contributed by atoms with Gasteiger partial charge in [-0.1, -0.05) is 27.2 Å². The molecule has 3 nitrogen and oxygen atoms in total. The van der Waals surface area contributed by atoms with E-state index < -0.39 is 0 Å². The molecule has 0 amide bonds. The van der Waals surface area contributed by atoms with Gasteiger partial charge in [0, 0.05) is 6.61 Å². The van der Waals surface area contributed by atoms with Crippen LogP contribution in [0.15, 0.2) is 0 Å². The topological polar surface area (TPSA) is 45.0 Å². The zero-order valence-corrected chi connectivity index (χ0v) is 14.0. The third-order valence-corrected chi connectivity index (χ3v) is 5.88. The molecule has 5 atom stereocenters. The van der Waals surface area contributed by atoms with Crippen LogP contribution in [0.5, 0.6) is 0 Å². The quantitative estimate of drug-likeness (QED) is 0.808. The summed E-state index contributed by atoms with van der Waals surface area (Å²) < 4.78 is 6.14. The number of hydrogen-bond donors (Lipinski definition) is 1. The molecule has 2 fully saturated rings. The predicted molar refractivity (Wildman–Crippen MR) is 85.9 cm³/mol. The first kappa shape index (κ1) is 16.8. The van der Waals surface area contributed by atoms with E-state index in [1.165, 1.54) is 32.1 Å². The van der Waals surface area contributed by atoms with E-state index in [-0.39, 0.29) is 5.54 Å². The Kier molecular flexibility index (Phi) is 6.08. The maximum Gasteiger partial charge on any atom is 0.109 e. The Bertz CT molecular complexity index is 365. The number of hydrogen-bond acceptors (Lipinski definition) is 3. The highest BCUT2D eigenvalue weighted by atomic mass is 16.5. The summed E-state index contributed by atoms with van der Waals surface area (Å²) in [4.78, 5) is 0. The molecule has 0 radical (unpaired) electrons. The molecule has 0 saturated heterocycles. The van der Waals surface area contributed by atoms with Crippen LogP contribution in [0, 0.1) is 29.1 Å². The maximum absolute atomic E-state index is 9.58. The molecule has 1 N–H and O–H groups in total. The maximum atomic E-state index is 9.58. The Balaban J connectivity index is 1.76. The highest BCUT2D eigenvalue weighted by Gasteiger charge is 2.42. The van der Waals surface area contributed by atoms with E-state index in [2.05, 4.69) is 32.2 Å². The van der Waals surface area contributed by atoms with Gasteiger partial charge >= 0.3 is 0 Å². The first-order chi connectivity index (χ1) is 10.1. The summed E-state index contributed by atoms with van der Waals surface area (Å²) in [6.45, 7) is 8.50. The molecule has 2 aliphatic rings. The largest absolute Gasteiger partial charge is 0.378 e. The van der Waals surface area contributed by atoms with Gasteiger partial charge in [-0.25, -0.2) is 0 Å². The SMILES string of the molecule is CCNC1(C#N)CCCC1CCOC1CCC(C)C(C)C1. The molecule has 120 valence electrons. The van der Waals surface area contributed by atoms with Crippen LogP contribution in [-0.2, 0) is 4.74 Å². The molecular weight excluding hydrogens is 260 g/mol. The van der Waals surface area contributed by atoms with Crippen molar-refractivity contribution in [3.05, 3.63) is 0 Å². The Morgan fingerprint density at radius 2 is 2.05 bits per heavy atom. The average Bonchev–Trinajstić information content (AvgIpc) is 2.87. The van der Waals surface area contributed by atoms with Crippen LogP contribution in [0.1, 0.15) is 65.7 Å². The van der Waals surface area contributed by atoms with Crippen LogP contribution in [0.3, 0.4) is 0 Å². The van der Waals surface area contributed by atoms with Gasteiger partial charge in [-0.3, -0.25) is 5.32 Å². The lowest BCUT2D eigenvalue weighted by molar-refractivity contribution is -0.00497. The van der Waals surface area contributed by atoms with E-state index in [0.717, 1.165) is 37.8 Å². The molecule has 0 aromatic carbocycles. The van der Waals surface area contributed by atoms with Crippen molar-refractivity contribution < 1.29 is 4.74 Å². The molecule has 0 aromatic rings. The van der Waals surface area contributed by atoms with Crippen molar-refractivity contribution in [3.63, 3.8) is 0 Å². The smallest absolute Gasteiger partial charge is 0.109 e. The van der Waals surface area contributed by atoms with Crippen LogP contribution in [0.25, 0.3) is 0 Å². The van der Waals surface area contributed by atoms with E-state index in [0.29, 0.717) is 12.0 Å². The fraction of sp³-hybridized carbons (Fsp3) is 0.944. The molecule has 2 saturated carbocycles. The lowest BCUT2D eigenvalue weighted by Crippen LogP contribution is -2.47. The summed E-state index contributed by atoms with van der Waals surface area (Å²) in [6.07, 6.45) is 8.55. The molecular formula is C18H32N2O. The van der Waals surface area contributed by atoms with Crippen molar-refractivity contribution in [3.8, 4) is 6.07 Å². The highest BCUT2D eigenvalue weighted by molar-refractivity contribution is 5.13. The van der Waals surface area contributed by atoms with Crippen LogP contribution in [0.4, 0.5) is 0 Å². The number of ether oxygens (including phenoxy) is 1. The van der Waals surface area contributed by atoms with Crippen molar-refractivity contribution in [1.82, 2.24) is 5.32 Å². The molecule has 2 aliphatic carbocycles. The van der Waals surface area contributed by atoms with Crippen molar-refractivity contribution >= 4 is 0 Å². The van der Waals surface area contributed by atoms with Crippen molar-refractivity contribution in [1.29, 1.82) is 5.26 Å². The monoisotopic (exact) mass is 292 g/mol. The fourth-order valence-corrected chi connectivity index (χ4v) is 4.23. The van der Waals surface area contributed by atoms with Gasteiger partial charge in [0.2, 0.25) is 0 Å². The number of nitriles is 1. The zero-order chi connectivity index (χ0) is 15.3. The molecule has 2 rings (SSSR count). The third-order valence-electron chi connectivity index (χ3n) is 5.88. The van der Waals surface area contributed by atoms with Crippen molar-refractivity contribution in [2.24, 2.45) is 17.8 Å². The number of nitrogens with zero attached hydrogens (tertiary/aromatic N) is 1. The molecule has 0 spiro atoms. The Labute approximate surface area is 130 Å². The zero-order valence-electron chi connectivity index (χ0n) is 14.0. The van der Waals surface area contributed by atoms with E-state index in [9.17, 15) is 5.26 Å². The normalized spacial score (nSPS) is 40.1. The van der Waals surface area contributed by atoms with E-state index in [1.807, 2.05) is 0 Å². The van der Waals surface area contributed by atoms with Crippen LogP contribution >= 0.6 is 0 Å². The predicted octanol–water partition coefficient (Wildman–Crippen LogP) is 3.89. The summed E-state index contributed by atoms with van der Waals surface area (Å²) in [7, 11) is 0. The molecule has 0 bridgehead atoms. The van der Waals surface area contributed by atoms with Gasteiger partial charge < -0.3 is 4.74 Å². The standard InChI is InChI=1S/C18H32N2O/c1-4-20-18(13-19)10-5-6-16(18)9-11-21-17-8-7-14(2)15(3)12-17/h14-17,20H,4-12H2,1-3H3. The first-order valence-electron chi connectivity index (χ1n) is 8.89. The van der Waals surface area contributed by atoms with E-state index in [1.54, 1.807) is 0 Å².